The molecule has 21 heavy (non-hydrogen) atoms. The molecule has 0 atom stereocenters. The molecule has 2 aromatic rings. The highest BCUT2D eigenvalue weighted by Crippen LogP contribution is 2.31. The summed E-state index contributed by atoms with van der Waals surface area (Å²) in [5, 5.41) is 4.72. The second-order valence-electron chi connectivity index (χ2n) is 5.72. The van der Waals surface area contributed by atoms with Crippen molar-refractivity contribution < 1.29 is 4.74 Å². The maximum Gasteiger partial charge on any atom is 0.0642 e. The molecule has 0 unspecified atom stereocenters. The number of aromatic nitrogens is 1. The van der Waals surface area contributed by atoms with Gasteiger partial charge in [0.1, 0.15) is 0 Å². The minimum atomic E-state index is 0.828. The Hall–Kier alpha value is -1.78. The van der Waals surface area contributed by atoms with Crippen LogP contribution in [-0.2, 0) is 4.74 Å². The molecule has 0 aliphatic carbocycles. The number of rotatable bonds is 2. The third kappa shape index (κ3) is 2.45. The molecule has 0 amide bonds. The second-order valence-corrected chi connectivity index (χ2v) is 5.72. The van der Waals surface area contributed by atoms with Gasteiger partial charge in [-0.2, -0.15) is 0 Å². The smallest absolute Gasteiger partial charge is 0.0642 e. The lowest BCUT2D eigenvalue weighted by atomic mass is 9.99. The number of ether oxygens (including phenoxy) is 1. The van der Waals surface area contributed by atoms with E-state index >= 15 is 0 Å². The van der Waals surface area contributed by atoms with E-state index < -0.39 is 0 Å². The molecule has 110 valence electrons. The van der Waals surface area contributed by atoms with Crippen molar-refractivity contribution in [2.75, 3.05) is 44.3 Å². The van der Waals surface area contributed by atoms with Crippen LogP contribution < -0.4 is 10.2 Å². The van der Waals surface area contributed by atoms with Gasteiger partial charge < -0.3 is 19.9 Å². The first-order valence-electron chi connectivity index (χ1n) is 7.76. The summed E-state index contributed by atoms with van der Waals surface area (Å²) in [6, 6.07) is 6.74. The highest BCUT2D eigenvalue weighted by molar-refractivity contribution is 5.94. The Bertz CT molecular complexity index is 668. The van der Waals surface area contributed by atoms with Gasteiger partial charge >= 0.3 is 0 Å². The number of hydrogen-bond acceptors (Lipinski definition) is 3. The van der Waals surface area contributed by atoms with Crippen LogP contribution in [0.3, 0.4) is 0 Å². The summed E-state index contributed by atoms with van der Waals surface area (Å²) in [4.78, 5) is 5.82. The topological polar surface area (TPSA) is 40.3 Å². The van der Waals surface area contributed by atoms with E-state index in [4.69, 9.17) is 4.74 Å². The summed E-state index contributed by atoms with van der Waals surface area (Å²) in [6.45, 7) is 5.67. The van der Waals surface area contributed by atoms with Crippen molar-refractivity contribution in [1.82, 2.24) is 10.3 Å². The van der Waals surface area contributed by atoms with Gasteiger partial charge in [-0.3, -0.25) is 0 Å². The molecule has 4 heteroatoms. The molecule has 2 aliphatic rings. The third-order valence-electron chi connectivity index (χ3n) is 4.45. The Kier molecular flexibility index (Phi) is 3.41. The first-order valence-corrected chi connectivity index (χ1v) is 7.76. The van der Waals surface area contributed by atoms with Gasteiger partial charge in [0.25, 0.3) is 0 Å². The number of aromatic amines is 1. The number of morpholine rings is 1. The average molecular weight is 283 g/mol. The van der Waals surface area contributed by atoms with Gasteiger partial charge in [0.15, 0.2) is 0 Å². The molecule has 0 spiro atoms. The summed E-state index contributed by atoms with van der Waals surface area (Å²) < 4.78 is 5.45. The largest absolute Gasteiger partial charge is 0.378 e. The van der Waals surface area contributed by atoms with Crippen LogP contribution >= 0.6 is 0 Å². The van der Waals surface area contributed by atoms with Gasteiger partial charge in [-0.15, -0.1) is 0 Å². The number of hydrogen-bond donors (Lipinski definition) is 2. The van der Waals surface area contributed by atoms with E-state index in [0.29, 0.717) is 0 Å². The van der Waals surface area contributed by atoms with E-state index in [0.717, 1.165) is 45.8 Å². The molecule has 1 aromatic carbocycles. The third-order valence-corrected chi connectivity index (χ3v) is 4.45. The van der Waals surface area contributed by atoms with E-state index in [9.17, 15) is 0 Å². The van der Waals surface area contributed by atoms with Crippen LogP contribution in [0.25, 0.3) is 16.5 Å². The molecule has 4 rings (SSSR count). The highest BCUT2D eigenvalue weighted by Gasteiger charge is 2.15. The van der Waals surface area contributed by atoms with Gasteiger partial charge in [-0.1, -0.05) is 6.08 Å². The van der Waals surface area contributed by atoms with Crippen molar-refractivity contribution in [2.45, 2.75) is 6.42 Å². The normalized spacial score (nSPS) is 19.8. The van der Waals surface area contributed by atoms with Gasteiger partial charge in [0.05, 0.1) is 13.2 Å². The van der Waals surface area contributed by atoms with E-state index in [2.05, 4.69) is 45.7 Å². The van der Waals surface area contributed by atoms with Gasteiger partial charge in [0.2, 0.25) is 0 Å². The van der Waals surface area contributed by atoms with Crippen molar-refractivity contribution in [2.24, 2.45) is 0 Å². The molecular formula is C17H21N3O. The van der Waals surface area contributed by atoms with Crippen LogP contribution in [0, 0.1) is 0 Å². The molecule has 2 aliphatic heterocycles. The Morgan fingerprint density at radius 1 is 1.14 bits per heavy atom. The fourth-order valence-electron chi connectivity index (χ4n) is 3.26. The van der Waals surface area contributed by atoms with Crippen LogP contribution in [0.1, 0.15) is 12.0 Å². The predicted molar refractivity (Wildman–Crippen MR) is 86.8 cm³/mol. The van der Waals surface area contributed by atoms with Crippen LogP contribution in [0.15, 0.2) is 30.5 Å². The van der Waals surface area contributed by atoms with Gasteiger partial charge in [-0.25, -0.2) is 0 Å². The standard InChI is InChI=1S/C17H21N3O/c1-2-17-15(11-14(1)20-7-9-21-10-8-20)16(12-19-17)13-3-5-18-6-4-13/h1-3,11-12,18-19H,4-10H2. The number of H-pyrrole nitrogens is 1. The fourth-order valence-corrected chi connectivity index (χ4v) is 3.26. The van der Waals surface area contributed by atoms with Gasteiger partial charge in [-0.05, 0) is 36.7 Å². The maximum atomic E-state index is 5.45. The lowest BCUT2D eigenvalue weighted by Gasteiger charge is -2.29. The van der Waals surface area contributed by atoms with E-state index in [1.807, 2.05) is 0 Å². The molecule has 1 saturated heterocycles. The van der Waals surface area contributed by atoms with E-state index in [1.165, 1.54) is 27.7 Å². The first-order chi connectivity index (χ1) is 10.4. The monoisotopic (exact) mass is 283 g/mol. The van der Waals surface area contributed by atoms with Crippen LogP contribution in [-0.4, -0.2) is 44.4 Å². The predicted octanol–water partition coefficient (Wildman–Crippen LogP) is 2.38. The second kappa shape index (κ2) is 5.54. The fraction of sp³-hybridized carbons (Fsp3) is 0.412. The zero-order chi connectivity index (χ0) is 14.1. The molecule has 3 heterocycles. The summed E-state index contributed by atoms with van der Waals surface area (Å²) in [5.74, 6) is 0. The molecule has 0 saturated carbocycles. The van der Waals surface area contributed by atoms with Crippen LogP contribution in [0.5, 0.6) is 0 Å². The SMILES string of the molecule is C1=C(c2c[nH]c3ccc(N4CCOCC4)cc23)CCNC1. The summed E-state index contributed by atoms with van der Waals surface area (Å²) >= 11 is 0. The molecule has 1 fully saturated rings. The zero-order valence-corrected chi connectivity index (χ0v) is 12.2. The van der Waals surface area contributed by atoms with Gasteiger partial charge in [0, 0.05) is 48.0 Å². The Morgan fingerprint density at radius 3 is 2.86 bits per heavy atom. The molecule has 1 aromatic heterocycles. The quantitative estimate of drug-likeness (QED) is 0.889. The van der Waals surface area contributed by atoms with Crippen molar-refractivity contribution in [1.29, 1.82) is 0 Å². The Labute approximate surface area is 124 Å². The number of anilines is 1. The summed E-state index contributed by atoms with van der Waals surface area (Å²) in [5.41, 5.74) is 5.35. The van der Waals surface area contributed by atoms with E-state index in [-0.39, 0.29) is 0 Å². The molecule has 0 bridgehead atoms. The molecule has 4 nitrogen and oxygen atoms in total. The lowest BCUT2D eigenvalue weighted by Crippen LogP contribution is -2.36. The summed E-state index contributed by atoms with van der Waals surface area (Å²) in [7, 11) is 0. The Balaban J connectivity index is 1.73. The molecule has 2 N–H and O–H groups in total. The van der Waals surface area contributed by atoms with Crippen LogP contribution in [0.4, 0.5) is 5.69 Å². The van der Waals surface area contributed by atoms with Crippen molar-refractivity contribution >= 4 is 22.2 Å². The molecule has 0 radical (unpaired) electrons. The molecular weight excluding hydrogens is 262 g/mol. The maximum absolute atomic E-state index is 5.45. The van der Waals surface area contributed by atoms with E-state index in [1.54, 1.807) is 0 Å². The number of benzene rings is 1. The average Bonchev–Trinajstić information content (AvgIpc) is 2.99. The van der Waals surface area contributed by atoms with Crippen LogP contribution in [0.2, 0.25) is 0 Å². The minimum Gasteiger partial charge on any atom is -0.378 e. The number of fused-ring (bicyclic) bond motifs is 1. The van der Waals surface area contributed by atoms with Crippen molar-refractivity contribution in [3.05, 3.63) is 36.0 Å². The lowest BCUT2D eigenvalue weighted by molar-refractivity contribution is 0.122. The first kappa shape index (κ1) is 12.9. The van der Waals surface area contributed by atoms with Crippen molar-refractivity contribution in [3.63, 3.8) is 0 Å². The van der Waals surface area contributed by atoms with Crippen molar-refractivity contribution in [3.8, 4) is 0 Å². The number of nitrogens with zero attached hydrogens (tertiary/aromatic N) is 1. The summed E-state index contributed by atoms with van der Waals surface area (Å²) in [6.07, 6.45) is 5.58. The Morgan fingerprint density at radius 2 is 2.05 bits per heavy atom. The number of nitrogens with one attached hydrogen (secondary N) is 2. The highest BCUT2D eigenvalue weighted by atomic mass is 16.5. The zero-order valence-electron chi connectivity index (χ0n) is 12.2. The minimum absolute atomic E-state index is 0.828.